The molecule has 166 valence electrons. The Balaban J connectivity index is 1.47. The van der Waals surface area contributed by atoms with Gasteiger partial charge in [0.05, 0.1) is 32.3 Å². The molecule has 0 unspecified atom stereocenters. The predicted octanol–water partition coefficient (Wildman–Crippen LogP) is 2.18. The first-order chi connectivity index (χ1) is 15.0. The van der Waals surface area contributed by atoms with Crippen LogP contribution in [0.3, 0.4) is 0 Å². The Labute approximate surface area is 180 Å². The Morgan fingerprint density at radius 1 is 1.19 bits per heavy atom. The maximum Gasteiger partial charge on any atom is 0.251 e. The minimum atomic E-state index is -0.634. The van der Waals surface area contributed by atoms with Crippen molar-refractivity contribution in [2.24, 2.45) is 0 Å². The predicted molar refractivity (Wildman–Crippen MR) is 112 cm³/mol. The van der Waals surface area contributed by atoms with Crippen molar-refractivity contribution in [1.29, 1.82) is 0 Å². The third kappa shape index (κ3) is 6.50. The van der Waals surface area contributed by atoms with Gasteiger partial charge in [-0.2, -0.15) is 0 Å². The van der Waals surface area contributed by atoms with Crippen LogP contribution in [0.4, 0.5) is 4.39 Å². The highest BCUT2D eigenvalue weighted by Gasteiger charge is 2.33. The van der Waals surface area contributed by atoms with E-state index in [1.54, 1.807) is 7.11 Å². The minimum absolute atomic E-state index is 0.153. The zero-order valence-corrected chi connectivity index (χ0v) is 17.3. The fourth-order valence-corrected chi connectivity index (χ4v) is 3.55. The third-order valence-corrected chi connectivity index (χ3v) is 5.26. The Morgan fingerprint density at radius 3 is 2.65 bits per heavy atom. The van der Waals surface area contributed by atoms with E-state index in [0.29, 0.717) is 19.4 Å². The summed E-state index contributed by atoms with van der Waals surface area (Å²) in [5.41, 5.74) is 1.16. The maximum absolute atomic E-state index is 13.3. The van der Waals surface area contributed by atoms with Crippen molar-refractivity contribution in [2.45, 2.75) is 44.1 Å². The van der Waals surface area contributed by atoms with E-state index in [0.717, 1.165) is 17.4 Å². The lowest BCUT2D eigenvalue weighted by Gasteiger charge is -2.36. The van der Waals surface area contributed by atoms with Crippen molar-refractivity contribution in [3.8, 4) is 5.75 Å². The summed E-state index contributed by atoms with van der Waals surface area (Å²) >= 11 is 0. The lowest BCUT2D eigenvalue weighted by molar-refractivity contribution is -0.131. The van der Waals surface area contributed by atoms with Crippen LogP contribution in [0.25, 0.3) is 0 Å². The number of benzene rings is 2. The van der Waals surface area contributed by atoms with Crippen molar-refractivity contribution < 1.29 is 28.6 Å². The molecule has 0 aromatic heterocycles. The number of aliphatic hydroxyl groups is 1. The number of amides is 2. The average molecular weight is 430 g/mol. The van der Waals surface area contributed by atoms with Crippen molar-refractivity contribution in [3.05, 3.63) is 65.5 Å². The van der Waals surface area contributed by atoms with Gasteiger partial charge in [-0.05, 0) is 48.7 Å². The normalized spacial score (nSPS) is 20.7. The van der Waals surface area contributed by atoms with Crippen molar-refractivity contribution in [2.75, 3.05) is 13.7 Å². The first-order valence-electron chi connectivity index (χ1n) is 10.2. The number of ether oxygens (including phenoxy) is 2. The number of halogens is 1. The van der Waals surface area contributed by atoms with Crippen LogP contribution < -0.4 is 15.4 Å². The van der Waals surface area contributed by atoms with Gasteiger partial charge in [0.1, 0.15) is 17.7 Å². The molecule has 1 saturated heterocycles. The van der Waals surface area contributed by atoms with Crippen molar-refractivity contribution in [1.82, 2.24) is 10.6 Å². The number of methoxy groups -OCH3 is 1. The second-order valence-corrected chi connectivity index (χ2v) is 7.48. The van der Waals surface area contributed by atoms with Gasteiger partial charge in [0.25, 0.3) is 5.91 Å². The summed E-state index contributed by atoms with van der Waals surface area (Å²) in [6.07, 6.45) is 0.279. The number of hydrogen-bond donors (Lipinski definition) is 3. The minimum Gasteiger partial charge on any atom is -0.497 e. The average Bonchev–Trinajstić information content (AvgIpc) is 2.79. The first kappa shape index (κ1) is 22.7. The largest absolute Gasteiger partial charge is 0.497 e. The molecule has 3 atom stereocenters. The SMILES string of the molecule is COc1ccc(CNC(=O)C[C@@H]2CC[C@@H](NC(=O)c3cccc(F)c3)[C@H](CO)O2)cc1. The smallest absolute Gasteiger partial charge is 0.251 e. The number of rotatable bonds is 8. The second kappa shape index (κ2) is 10.9. The summed E-state index contributed by atoms with van der Waals surface area (Å²) < 4.78 is 24.3. The summed E-state index contributed by atoms with van der Waals surface area (Å²) in [6, 6.07) is 12.4. The van der Waals surface area contributed by atoms with Crippen LogP contribution in [0, 0.1) is 5.82 Å². The highest BCUT2D eigenvalue weighted by atomic mass is 19.1. The Morgan fingerprint density at radius 2 is 1.97 bits per heavy atom. The zero-order chi connectivity index (χ0) is 22.2. The van der Waals surface area contributed by atoms with Crippen LogP contribution in [-0.2, 0) is 16.1 Å². The fraction of sp³-hybridized carbons (Fsp3) is 0.391. The highest BCUT2D eigenvalue weighted by Crippen LogP contribution is 2.22. The lowest BCUT2D eigenvalue weighted by Crippen LogP contribution is -2.51. The highest BCUT2D eigenvalue weighted by molar-refractivity contribution is 5.94. The lowest BCUT2D eigenvalue weighted by atomic mass is 9.96. The van der Waals surface area contributed by atoms with Crippen molar-refractivity contribution in [3.63, 3.8) is 0 Å². The fourth-order valence-electron chi connectivity index (χ4n) is 3.55. The Hall–Kier alpha value is -2.97. The number of aliphatic hydroxyl groups excluding tert-OH is 1. The van der Waals surface area contributed by atoms with Gasteiger partial charge in [-0.3, -0.25) is 9.59 Å². The van der Waals surface area contributed by atoms with Gasteiger partial charge in [-0.1, -0.05) is 18.2 Å². The molecule has 2 aromatic carbocycles. The molecule has 3 N–H and O–H groups in total. The van der Waals surface area contributed by atoms with Crippen LogP contribution in [0.15, 0.2) is 48.5 Å². The van der Waals surface area contributed by atoms with Gasteiger partial charge in [0.15, 0.2) is 0 Å². The molecule has 1 fully saturated rings. The summed E-state index contributed by atoms with van der Waals surface area (Å²) in [6.45, 7) is 0.101. The van der Waals surface area contributed by atoms with Crippen LogP contribution in [0.2, 0.25) is 0 Å². The van der Waals surface area contributed by atoms with E-state index in [2.05, 4.69) is 10.6 Å². The Kier molecular flexibility index (Phi) is 7.97. The molecule has 1 aliphatic heterocycles. The summed E-state index contributed by atoms with van der Waals surface area (Å²) in [5.74, 6) is -0.325. The molecule has 31 heavy (non-hydrogen) atoms. The molecule has 0 bridgehead atoms. The monoisotopic (exact) mass is 430 g/mol. The van der Waals surface area contributed by atoms with Gasteiger partial charge in [-0.25, -0.2) is 4.39 Å². The maximum atomic E-state index is 13.3. The van der Waals surface area contributed by atoms with Gasteiger partial charge in [0, 0.05) is 12.1 Å². The molecule has 3 rings (SSSR count). The molecule has 1 aliphatic rings. The van der Waals surface area contributed by atoms with Crippen LogP contribution in [-0.4, -0.2) is 48.9 Å². The summed E-state index contributed by atoms with van der Waals surface area (Å²) in [7, 11) is 1.60. The molecule has 7 nitrogen and oxygen atoms in total. The topological polar surface area (TPSA) is 96.9 Å². The molecule has 0 spiro atoms. The van der Waals surface area contributed by atoms with E-state index < -0.39 is 23.9 Å². The standard InChI is InChI=1S/C23H27FN2O5/c1-30-18-7-5-15(6-8-18)13-25-22(28)12-19-9-10-20(21(14-27)31-19)26-23(29)16-3-2-4-17(24)11-16/h2-8,11,19-21,27H,9-10,12-14H2,1H3,(H,25,28)(H,26,29)/t19-,20+,21-/m0/s1. The van der Waals surface area contributed by atoms with Gasteiger partial charge >= 0.3 is 0 Å². The van der Waals surface area contributed by atoms with Gasteiger partial charge in [0.2, 0.25) is 5.91 Å². The van der Waals surface area contributed by atoms with E-state index in [4.69, 9.17) is 9.47 Å². The molecular formula is C23H27FN2O5. The van der Waals surface area contributed by atoms with Crippen LogP contribution in [0.5, 0.6) is 5.75 Å². The van der Waals surface area contributed by atoms with Gasteiger partial charge < -0.3 is 25.2 Å². The number of nitrogens with one attached hydrogen (secondary N) is 2. The first-order valence-corrected chi connectivity index (χ1v) is 10.2. The molecular weight excluding hydrogens is 403 g/mol. The van der Waals surface area contributed by atoms with E-state index in [-0.39, 0.29) is 30.6 Å². The van der Waals surface area contributed by atoms with E-state index >= 15 is 0 Å². The molecule has 0 radical (unpaired) electrons. The van der Waals surface area contributed by atoms with E-state index in [9.17, 15) is 19.1 Å². The summed E-state index contributed by atoms with van der Waals surface area (Å²) in [4.78, 5) is 24.7. The molecule has 1 heterocycles. The Bertz CT molecular complexity index is 890. The summed E-state index contributed by atoms with van der Waals surface area (Å²) in [5, 5.41) is 15.3. The van der Waals surface area contributed by atoms with E-state index in [1.165, 1.54) is 18.2 Å². The zero-order valence-electron chi connectivity index (χ0n) is 17.3. The van der Waals surface area contributed by atoms with Crippen LogP contribution >= 0.6 is 0 Å². The van der Waals surface area contributed by atoms with Crippen LogP contribution in [0.1, 0.15) is 35.2 Å². The molecule has 8 heteroatoms. The van der Waals surface area contributed by atoms with E-state index in [1.807, 2.05) is 24.3 Å². The molecule has 2 aromatic rings. The number of carbonyl (C=O) groups is 2. The molecule has 0 saturated carbocycles. The quantitative estimate of drug-likeness (QED) is 0.597. The number of carbonyl (C=O) groups excluding carboxylic acids is 2. The molecule has 2 amide bonds. The third-order valence-electron chi connectivity index (χ3n) is 5.26. The second-order valence-electron chi connectivity index (χ2n) is 7.48. The van der Waals surface area contributed by atoms with Crippen molar-refractivity contribution >= 4 is 11.8 Å². The number of hydrogen-bond acceptors (Lipinski definition) is 5. The molecule has 0 aliphatic carbocycles. The van der Waals surface area contributed by atoms with Gasteiger partial charge in [-0.15, -0.1) is 0 Å².